The molecule has 0 aliphatic carbocycles. The van der Waals surface area contributed by atoms with Gasteiger partial charge in [0, 0.05) is 23.6 Å². The highest BCUT2D eigenvalue weighted by Crippen LogP contribution is 2.19. The van der Waals surface area contributed by atoms with E-state index in [1.54, 1.807) is 6.07 Å². The number of carbonyl (C=O) groups excluding carboxylic acids is 1. The lowest BCUT2D eigenvalue weighted by atomic mass is 10.1. The molecular formula is C17H18N2O3S. The van der Waals surface area contributed by atoms with E-state index in [0.717, 1.165) is 23.2 Å². The van der Waals surface area contributed by atoms with Gasteiger partial charge >= 0.3 is 0 Å². The first-order valence-corrected chi connectivity index (χ1v) is 8.44. The molecule has 0 radical (unpaired) electrons. The summed E-state index contributed by atoms with van der Waals surface area (Å²) in [6.45, 7) is 2.04. The molecule has 0 aliphatic heterocycles. The van der Waals surface area contributed by atoms with Crippen molar-refractivity contribution in [2.24, 2.45) is 0 Å². The summed E-state index contributed by atoms with van der Waals surface area (Å²) in [4.78, 5) is 22.3. The number of nitrogens with one attached hydrogen (secondary N) is 1. The van der Waals surface area contributed by atoms with Crippen molar-refractivity contribution in [3.8, 4) is 0 Å². The third-order valence-corrected chi connectivity index (χ3v) is 4.30. The lowest BCUT2D eigenvalue weighted by molar-refractivity contribution is -0.384. The van der Waals surface area contributed by atoms with Crippen LogP contribution in [0.1, 0.15) is 18.1 Å². The van der Waals surface area contributed by atoms with Crippen LogP contribution in [-0.4, -0.2) is 16.6 Å². The number of hydrogen-bond donors (Lipinski definition) is 1. The van der Waals surface area contributed by atoms with Crippen LogP contribution >= 0.6 is 11.8 Å². The summed E-state index contributed by atoms with van der Waals surface area (Å²) in [6.07, 6.45) is 0.858. The predicted molar refractivity (Wildman–Crippen MR) is 93.7 cm³/mol. The number of nitrogens with zero attached hydrogens (tertiary/aromatic N) is 1. The molecule has 23 heavy (non-hydrogen) atoms. The number of anilines is 1. The van der Waals surface area contributed by atoms with Crippen LogP contribution in [-0.2, 0) is 17.0 Å². The van der Waals surface area contributed by atoms with Crippen molar-refractivity contribution in [3.05, 3.63) is 69.8 Å². The Morgan fingerprint density at radius 2 is 2.00 bits per heavy atom. The number of non-ortho nitro benzene ring substituents is 1. The average Bonchev–Trinajstić information content (AvgIpc) is 2.55. The van der Waals surface area contributed by atoms with Crippen LogP contribution in [0.15, 0.2) is 48.5 Å². The molecule has 0 saturated carbocycles. The van der Waals surface area contributed by atoms with Crippen molar-refractivity contribution in [2.45, 2.75) is 19.1 Å². The molecule has 0 aromatic heterocycles. The van der Waals surface area contributed by atoms with Gasteiger partial charge < -0.3 is 5.32 Å². The SMILES string of the molecule is CCc1ccccc1NC(=O)CSCc1cccc([N+](=O)[O-])c1. The fraction of sp³-hybridized carbons (Fsp3) is 0.235. The lowest BCUT2D eigenvalue weighted by Crippen LogP contribution is -2.15. The van der Waals surface area contributed by atoms with Gasteiger partial charge in [-0.05, 0) is 23.6 Å². The van der Waals surface area contributed by atoms with Crippen molar-refractivity contribution >= 4 is 29.0 Å². The molecule has 0 atom stereocenters. The minimum atomic E-state index is -0.414. The number of nitro benzene ring substituents is 1. The third-order valence-electron chi connectivity index (χ3n) is 3.30. The number of thioether (sulfide) groups is 1. The van der Waals surface area contributed by atoms with Gasteiger partial charge in [-0.2, -0.15) is 0 Å². The first-order valence-electron chi connectivity index (χ1n) is 7.29. The monoisotopic (exact) mass is 330 g/mol. The standard InChI is InChI=1S/C17H18N2O3S/c1-2-14-7-3-4-9-16(14)18-17(20)12-23-11-13-6-5-8-15(10-13)19(21)22/h3-10H,2,11-12H2,1H3,(H,18,20). The van der Waals surface area contributed by atoms with Crippen LogP contribution in [0.2, 0.25) is 0 Å². The second-order valence-electron chi connectivity index (χ2n) is 4.98. The molecule has 2 aromatic rings. The number of rotatable bonds is 7. The van der Waals surface area contributed by atoms with Crippen molar-refractivity contribution in [1.29, 1.82) is 0 Å². The Morgan fingerprint density at radius 3 is 2.74 bits per heavy atom. The summed E-state index contributed by atoms with van der Waals surface area (Å²) in [5, 5.41) is 13.6. The summed E-state index contributed by atoms with van der Waals surface area (Å²) in [5.41, 5.74) is 2.86. The highest BCUT2D eigenvalue weighted by Gasteiger charge is 2.08. The van der Waals surface area contributed by atoms with E-state index >= 15 is 0 Å². The van der Waals surface area contributed by atoms with Crippen LogP contribution in [0.5, 0.6) is 0 Å². The Bertz CT molecular complexity index is 704. The molecule has 1 N–H and O–H groups in total. The van der Waals surface area contributed by atoms with Crippen molar-refractivity contribution < 1.29 is 9.72 Å². The Morgan fingerprint density at radius 1 is 1.22 bits per heavy atom. The molecule has 2 aromatic carbocycles. The highest BCUT2D eigenvalue weighted by atomic mass is 32.2. The van der Waals surface area contributed by atoms with Crippen LogP contribution in [0, 0.1) is 10.1 Å². The first kappa shape index (κ1) is 17.0. The van der Waals surface area contributed by atoms with Crippen LogP contribution < -0.4 is 5.32 Å². The van der Waals surface area contributed by atoms with Crippen LogP contribution in [0.4, 0.5) is 11.4 Å². The summed E-state index contributed by atoms with van der Waals surface area (Å²) in [7, 11) is 0. The molecule has 0 spiro atoms. The maximum Gasteiger partial charge on any atom is 0.269 e. The number of carbonyl (C=O) groups is 1. The molecule has 0 saturated heterocycles. The number of aryl methyl sites for hydroxylation is 1. The minimum Gasteiger partial charge on any atom is -0.325 e. The molecule has 0 heterocycles. The molecule has 0 fully saturated rings. The molecule has 120 valence electrons. The van der Waals surface area contributed by atoms with Crippen molar-refractivity contribution in [1.82, 2.24) is 0 Å². The second kappa shape index (κ2) is 8.33. The van der Waals surface area contributed by atoms with E-state index in [2.05, 4.69) is 5.32 Å². The third kappa shape index (κ3) is 5.10. The van der Waals surface area contributed by atoms with Gasteiger partial charge in [-0.1, -0.05) is 37.3 Å². The molecule has 6 heteroatoms. The fourth-order valence-corrected chi connectivity index (χ4v) is 2.93. The Balaban J connectivity index is 1.85. The molecule has 5 nitrogen and oxygen atoms in total. The van der Waals surface area contributed by atoms with Gasteiger partial charge in [-0.3, -0.25) is 14.9 Å². The zero-order valence-electron chi connectivity index (χ0n) is 12.8. The number of hydrogen-bond acceptors (Lipinski definition) is 4. The van der Waals surface area contributed by atoms with E-state index < -0.39 is 4.92 Å². The quantitative estimate of drug-likeness (QED) is 0.614. The van der Waals surface area contributed by atoms with Gasteiger partial charge in [0.1, 0.15) is 0 Å². The molecule has 2 rings (SSSR count). The van der Waals surface area contributed by atoms with Crippen molar-refractivity contribution in [2.75, 3.05) is 11.1 Å². The maximum atomic E-state index is 12.0. The van der Waals surface area contributed by atoms with Gasteiger partial charge in [-0.25, -0.2) is 0 Å². The number of nitro groups is 1. The molecule has 1 amide bonds. The topological polar surface area (TPSA) is 72.2 Å². The fourth-order valence-electron chi connectivity index (χ4n) is 2.16. The maximum absolute atomic E-state index is 12.0. The van der Waals surface area contributed by atoms with Gasteiger partial charge in [0.25, 0.3) is 5.69 Å². The molecule has 0 unspecified atom stereocenters. The summed E-state index contributed by atoms with van der Waals surface area (Å²) in [6, 6.07) is 14.2. The Hall–Kier alpha value is -2.34. The van der Waals surface area contributed by atoms with Gasteiger partial charge in [0.2, 0.25) is 5.91 Å². The van der Waals surface area contributed by atoms with Crippen molar-refractivity contribution in [3.63, 3.8) is 0 Å². The first-order chi connectivity index (χ1) is 11.1. The zero-order chi connectivity index (χ0) is 16.7. The van der Waals surface area contributed by atoms with E-state index in [-0.39, 0.29) is 11.6 Å². The number of amides is 1. The summed E-state index contributed by atoms with van der Waals surface area (Å²) >= 11 is 1.43. The van der Waals surface area contributed by atoms with E-state index in [1.807, 2.05) is 37.3 Å². The minimum absolute atomic E-state index is 0.0682. The average molecular weight is 330 g/mol. The summed E-state index contributed by atoms with van der Waals surface area (Å²) < 4.78 is 0. The number of benzene rings is 2. The molecule has 0 aliphatic rings. The molecule has 0 bridgehead atoms. The number of para-hydroxylation sites is 1. The smallest absolute Gasteiger partial charge is 0.269 e. The second-order valence-corrected chi connectivity index (χ2v) is 5.96. The van der Waals surface area contributed by atoms with E-state index in [1.165, 1.54) is 23.9 Å². The van der Waals surface area contributed by atoms with Gasteiger partial charge in [0.15, 0.2) is 0 Å². The summed E-state index contributed by atoms with van der Waals surface area (Å²) in [5.74, 6) is 0.798. The Labute approximate surface area is 139 Å². The van der Waals surface area contributed by atoms with Crippen LogP contribution in [0.25, 0.3) is 0 Å². The van der Waals surface area contributed by atoms with E-state index in [0.29, 0.717) is 11.5 Å². The van der Waals surface area contributed by atoms with E-state index in [4.69, 9.17) is 0 Å². The highest BCUT2D eigenvalue weighted by molar-refractivity contribution is 7.99. The largest absolute Gasteiger partial charge is 0.325 e. The Kier molecular flexibility index (Phi) is 6.17. The molecular weight excluding hydrogens is 312 g/mol. The normalized spacial score (nSPS) is 10.3. The van der Waals surface area contributed by atoms with Gasteiger partial charge in [-0.15, -0.1) is 11.8 Å². The van der Waals surface area contributed by atoms with Crippen LogP contribution in [0.3, 0.4) is 0 Å². The van der Waals surface area contributed by atoms with Gasteiger partial charge in [0.05, 0.1) is 10.7 Å². The lowest BCUT2D eigenvalue weighted by Gasteiger charge is -2.09. The predicted octanol–water partition coefficient (Wildman–Crippen LogP) is 4.03. The zero-order valence-corrected chi connectivity index (χ0v) is 13.6. The van der Waals surface area contributed by atoms with E-state index in [9.17, 15) is 14.9 Å².